The molecule has 180 valence electrons. The second-order valence-corrected chi connectivity index (χ2v) is 9.00. The second kappa shape index (κ2) is 8.99. The number of amides is 3. The number of benzene rings is 1. The zero-order valence-corrected chi connectivity index (χ0v) is 19.0. The molecule has 1 aromatic rings. The number of ether oxygens (including phenoxy) is 5. The van der Waals surface area contributed by atoms with E-state index in [1.807, 2.05) is 6.07 Å². The molecule has 3 heterocycles. The summed E-state index contributed by atoms with van der Waals surface area (Å²) >= 11 is 0. The maximum Gasteiger partial charge on any atom is 0.270 e. The summed E-state index contributed by atoms with van der Waals surface area (Å²) in [5, 5.41) is 2.65. The molecular weight excluding hydrogens is 434 g/mol. The number of hydrazine groups is 1. The van der Waals surface area contributed by atoms with E-state index in [1.54, 1.807) is 52.0 Å². The first-order valence-corrected chi connectivity index (χ1v) is 10.8. The van der Waals surface area contributed by atoms with Crippen molar-refractivity contribution in [1.29, 1.82) is 0 Å². The number of fused-ring (bicyclic) bond motifs is 3. The zero-order valence-electron chi connectivity index (χ0n) is 19.0. The van der Waals surface area contributed by atoms with Gasteiger partial charge in [0.1, 0.15) is 18.3 Å². The van der Waals surface area contributed by atoms with Gasteiger partial charge in [-0.1, -0.05) is 18.2 Å². The van der Waals surface area contributed by atoms with E-state index in [1.165, 1.54) is 0 Å². The van der Waals surface area contributed by atoms with Crippen LogP contribution in [0.2, 0.25) is 0 Å². The lowest BCUT2D eigenvalue weighted by molar-refractivity contribution is -0.231. The molecule has 3 N–H and O–H groups in total. The minimum Gasteiger partial charge on any atom is -0.352 e. The predicted molar refractivity (Wildman–Crippen MR) is 112 cm³/mol. The average molecular weight is 463 g/mol. The lowest BCUT2D eigenvalue weighted by Crippen LogP contribution is -2.61. The number of rotatable bonds is 5. The lowest BCUT2D eigenvalue weighted by Gasteiger charge is -2.36. The zero-order chi connectivity index (χ0) is 23.8. The van der Waals surface area contributed by atoms with E-state index in [0.29, 0.717) is 5.56 Å². The van der Waals surface area contributed by atoms with Gasteiger partial charge >= 0.3 is 0 Å². The summed E-state index contributed by atoms with van der Waals surface area (Å²) in [5.74, 6) is -3.22. The number of hydrogen-bond donors (Lipinski definition) is 3. The van der Waals surface area contributed by atoms with Crippen LogP contribution in [0.1, 0.15) is 44.5 Å². The van der Waals surface area contributed by atoms with Crippen LogP contribution in [0.3, 0.4) is 0 Å². The molecule has 0 aromatic heterocycles. The molecule has 0 spiro atoms. The van der Waals surface area contributed by atoms with Gasteiger partial charge in [-0.3, -0.25) is 25.2 Å². The second-order valence-electron chi connectivity index (χ2n) is 9.00. The van der Waals surface area contributed by atoms with Crippen molar-refractivity contribution in [3.63, 3.8) is 0 Å². The van der Waals surface area contributed by atoms with Crippen LogP contribution in [0, 0.1) is 0 Å². The Kier molecular flexibility index (Phi) is 6.43. The van der Waals surface area contributed by atoms with E-state index in [-0.39, 0.29) is 18.9 Å². The molecule has 11 heteroatoms. The van der Waals surface area contributed by atoms with Crippen LogP contribution in [0.4, 0.5) is 0 Å². The Morgan fingerprint density at radius 3 is 2.21 bits per heavy atom. The van der Waals surface area contributed by atoms with Gasteiger partial charge in [-0.25, -0.2) is 0 Å². The third-order valence-electron chi connectivity index (χ3n) is 5.41. The van der Waals surface area contributed by atoms with E-state index >= 15 is 0 Å². The van der Waals surface area contributed by atoms with Crippen molar-refractivity contribution in [3.8, 4) is 0 Å². The first-order valence-electron chi connectivity index (χ1n) is 10.8. The Hall–Kier alpha value is -2.57. The van der Waals surface area contributed by atoms with Crippen molar-refractivity contribution in [2.24, 2.45) is 0 Å². The Morgan fingerprint density at radius 1 is 0.848 bits per heavy atom. The monoisotopic (exact) mass is 463 g/mol. The Morgan fingerprint density at radius 2 is 1.48 bits per heavy atom. The average Bonchev–Trinajstić information content (AvgIpc) is 3.25. The van der Waals surface area contributed by atoms with Gasteiger partial charge in [-0.2, -0.15) is 0 Å². The normalized spacial score (nSPS) is 31.2. The summed E-state index contributed by atoms with van der Waals surface area (Å²) in [5.41, 5.74) is 5.18. The molecule has 5 atom stereocenters. The van der Waals surface area contributed by atoms with Gasteiger partial charge < -0.3 is 29.0 Å². The first kappa shape index (κ1) is 23.6. The summed E-state index contributed by atoms with van der Waals surface area (Å²) < 4.78 is 29.4. The highest BCUT2D eigenvalue weighted by molar-refractivity contribution is 5.94. The third-order valence-corrected chi connectivity index (χ3v) is 5.41. The van der Waals surface area contributed by atoms with Crippen LogP contribution >= 0.6 is 0 Å². The van der Waals surface area contributed by atoms with E-state index < -0.39 is 54.1 Å². The summed E-state index contributed by atoms with van der Waals surface area (Å²) in [4.78, 5) is 37.0. The maximum atomic E-state index is 12.8. The van der Waals surface area contributed by atoms with Crippen molar-refractivity contribution in [3.05, 3.63) is 35.9 Å². The molecule has 3 fully saturated rings. The molecule has 0 saturated carbocycles. The number of carbonyl (C=O) groups is 3. The lowest BCUT2D eigenvalue weighted by atomic mass is 9.98. The van der Waals surface area contributed by atoms with E-state index in [9.17, 15) is 14.4 Å². The maximum absolute atomic E-state index is 12.8. The Bertz CT molecular complexity index is 906. The summed E-state index contributed by atoms with van der Waals surface area (Å²) in [6.07, 6.45) is -3.83. The van der Waals surface area contributed by atoms with Crippen molar-refractivity contribution >= 4 is 17.7 Å². The molecule has 0 aliphatic carbocycles. The number of hydrogen-bond acceptors (Lipinski definition) is 8. The molecule has 1 aromatic carbocycles. The Labute approximate surface area is 191 Å². The molecular formula is C22H29N3O8. The highest BCUT2D eigenvalue weighted by Crippen LogP contribution is 2.44. The largest absolute Gasteiger partial charge is 0.352 e. The van der Waals surface area contributed by atoms with Crippen LogP contribution in [0.15, 0.2) is 30.3 Å². The van der Waals surface area contributed by atoms with Crippen LogP contribution in [0.5, 0.6) is 0 Å². The smallest absolute Gasteiger partial charge is 0.270 e. The molecule has 33 heavy (non-hydrogen) atoms. The SMILES string of the molecule is CC1(C)OC2OC(C(=O)NNC(=O)CCNC(=O)c3ccccc3)C3OC(C)(C)OC3C2O1. The van der Waals surface area contributed by atoms with Crippen molar-refractivity contribution in [1.82, 2.24) is 16.2 Å². The van der Waals surface area contributed by atoms with Gasteiger partial charge in [0.05, 0.1) is 0 Å². The van der Waals surface area contributed by atoms with E-state index in [4.69, 9.17) is 23.7 Å². The van der Waals surface area contributed by atoms with E-state index in [2.05, 4.69) is 16.2 Å². The first-order chi connectivity index (χ1) is 15.5. The Balaban J connectivity index is 1.28. The molecule has 3 amide bonds. The van der Waals surface area contributed by atoms with Crippen LogP contribution in [-0.2, 0) is 33.3 Å². The van der Waals surface area contributed by atoms with Crippen molar-refractivity contribution in [2.75, 3.05) is 6.54 Å². The fourth-order valence-electron chi connectivity index (χ4n) is 4.07. The molecule has 0 radical (unpaired) electrons. The summed E-state index contributed by atoms with van der Waals surface area (Å²) in [7, 11) is 0. The van der Waals surface area contributed by atoms with Crippen molar-refractivity contribution < 1.29 is 38.1 Å². The van der Waals surface area contributed by atoms with E-state index in [0.717, 1.165) is 0 Å². The topological polar surface area (TPSA) is 133 Å². The number of nitrogens with one attached hydrogen (secondary N) is 3. The van der Waals surface area contributed by atoms with Gasteiger partial charge in [0.15, 0.2) is 24.0 Å². The predicted octanol–water partition coefficient (Wildman–Crippen LogP) is 0.350. The van der Waals surface area contributed by atoms with Crippen LogP contribution < -0.4 is 16.2 Å². The molecule has 3 saturated heterocycles. The van der Waals surface area contributed by atoms with Gasteiger partial charge in [-0.05, 0) is 39.8 Å². The summed E-state index contributed by atoms with van der Waals surface area (Å²) in [6, 6.07) is 8.66. The highest BCUT2D eigenvalue weighted by Gasteiger charge is 2.62. The molecule has 3 aliphatic heterocycles. The fourth-order valence-corrected chi connectivity index (χ4v) is 4.07. The molecule has 0 bridgehead atoms. The minimum atomic E-state index is -1.09. The standard InChI is InChI=1S/C22H29N3O8/c1-21(2)30-14-15(31-21)17-20(33-22(3,4)32-17)29-16(14)19(28)25-24-13(26)10-11-23-18(27)12-8-6-5-7-9-12/h5-9,14-17,20H,10-11H2,1-4H3,(H,23,27)(H,24,26)(H,25,28). The van der Waals surface area contributed by atoms with Gasteiger partial charge in [-0.15, -0.1) is 0 Å². The highest BCUT2D eigenvalue weighted by atomic mass is 16.9. The molecule has 3 aliphatic rings. The molecule has 4 rings (SSSR count). The summed E-state index contributed by atoms with van der Waals surface area (Å²) in [6.45, 7) is 7.08. The van der Waals surface area contributed by atoms with Crippen LogP contribution in [-0.4, -0.2) is 66.5 Å². The molecule has 5 unspecified atom stereocenters. The van der Waals surface area contributed by atoms with Gasteiger partial charge in [0.2, 0.25) is 5.91 Å². The van der Waals surface area contributed by atoms with Crippen molar-refractivity contribution in [2.45, 2.75) is 76.4 Å². The quantitative estimate of drug-likeness (QED) is 0.533. The minimum absolute atomic E-state index is 0.0289. The fraction of sp³-hybridized carbons (Fsp3) is 0.591. The van der Waals surface area contributed by atoms with Gasteiger partial charge in [0.25, 0.3) is 11.8 Å². The number of carbonyl (C=O) groups excluding carboxylic acids is 3. The molecule has 11 nitrogen and oxygen atoms in total. The van der Waals surface area contributed by atoms with Gasteiger partial charge in [0, 0.05) is 18.5 Å². The third kappa shape index (κ3) is 5.33. The van der Waals surface area contributed by atoms with Crippen LogP contribution in [0.25, 0.3) is 0 Å².